The molecule has 0 bridgehead atoms. The Hall–Kier alpha value is -2.27. The standard InChI is InChI=1S/C16H16O2.2CH4O3S/c1-12-8-9-15(13(2)10-12)16(17)18-11-14-6-4-3-5-7-14;2*1-5(2,3)4/h3-10H,11H2,1-2H3;2*1H3,(H,2,3,4). The molecule has 2 N–H and O–H groups in total. The maximum atomic E-state index is 11.9. The van der Waals surface area contributed by atoms with E-state index >= 15 is 0 Å². The van der Waals surface area contributed by atoms with E-state index in [1.165, 1.54) is 0 Å². The summed E-state index contributed by atoms with van der Waals surface area (Å²) in [5, 5.41) is 0. The SMILES string of the molecule is CS(=O)(=O)O.CS(=O)(=O)O.Cc1ccc(C(=O)OCc2ccccc2)c(C)c1. The summed E-state index contributed by atoms with van der Waals surface area (Å²) in [5.41, 5.74) is 3.73. The van der Waals surface area contributed by atoms with E-state index in [0.29, 0.717) is 24.7 Å². The van der Waals surface area contributed by atoms with Crippen LogP contribution in [-0.2, 0) is 31.6 Å². The monoisotopic (exact) mass is 432 g/mol. The molecule has 2 aromatic rings. The molecule has 0 aliphatic rings. The number of benzene rings is 2. The second-order valence-corrected chi connectivity index (χ2v) is 8.78. The van der Waals surface area contributed by atoms with E-state index in [1.807, 2.05) is 62.4 Å². The van der Waals surface area contributed by atoms with E-state index in [0.717, 1.165) is 16.7 Å². The molecule has 2 aromatic carbocycles. The van der Waals surface area contributed by atoms with Gasteiger partial charge in [0.25, 0.3) is 20.2 Å². The van der Waals surface area contributed by atoms with Crippen LogP contribution in [0.2, 0.25) is 0 Å². The molecule has 0 amide bonds. The molecule has 2 rings (SSSR count). The maximum absolute atomic E-state index is 11.9. The topological polar surface area (TPSA) is 135 Å². The van der Waals surface area contributed by atoms with E-state index in [9.17, 15) is 21.6 Å². The lowest BCUT2D eigenvalue weighted by Gasteiger charge is -2.07. The summed E-state index contributed by atoms with van der Waals surface area (Å²) < 4.78 is 57.0. The number of aryl methyl sites for hydroxylation is 2. The number of esters is 1. The van der Waals surface area contributed by atoms with Gasteiger partial charge in [0.2, 0.25) is 0 Å². The third-order valence-electron chi connectivity index (χ3n) is 2.81. The van der Waals surface area contributed by atoms with Gasteiger partial charge in [-0.2, -0.15) is 16.8 Å². The molecule has 28 heavy (non-hydrogen) atoms. The van der Waals surface area contributed by atoms with E-state index in [1.54, 1.807) is 0 Å². The summed E-state index contributed by atoms with van der Waals surface area (Å²) in [6.45, 7) is 4.24. The second-order valence-electron chi connectivity index (χ2n) is 5.85. The molecule has 0 aliphatic heterocycles. The number of ether oxygens (including phenoxy) is 1. The van der Waals surface area contributed by atoms with Crippen molar-refractivity contribution < 1.29 is 35.5 Å². The van der Waals surface area contributed by atoms with Gasteiger partial charge in [-0.15, -0.1) is 0 Å². The zero-order chi connectivity index (χ0) is 22.0. The van der Waals surface area contributed by atoms with E-state index in [-0.39, 0.29) is 5.97 Å². The van der Waals surface area contributed by atoms with Crippen molar-refractivity contribution in [3.63, 3.8) is 0 Å². The van der Waals surface area contributed by atoms with Gasteiger partial charge in [-0.05, 0) is 31.0 Å². The third-order valence-corrected chi connectivity index (χ3v) is 2.81. The Morgan fingerprint density at radius 3 is 1.79 bits per heavy atom. The molecule has 0 aliphatic carbocycles. The van der Waals surface area contributed by atoms with Gasteiger partial charge in [-0.25, -0.2) is 4.79 Å². The van der Waals surface area contributed by atoms with Crippen molar-refractivity contribution in [3.05, 3.63) is 70.8 Å². The van der Waals surface area contributed by atoms with Crippen LogP contribution in [0.4, 0.5) is 0 Å². The lowest BCUT2D eigenvalue weighted by molar-refractivity contribution is 0.0472. The second kappa shape index (κ2) is 11.5. The van der Waals surface area contributed by atoms with Gasteiger partial charge in [-0.3, -0.25) is 9.11 Å². The first kappa shape index (κ1) is 25.7. The molecule has 0 radical (unpaired) electrons. The minimum atomic E-state index is -3.67. The molecule has 0 aromatic heterocycles. The molecule has 0 saturated heterocycles. The molecular formula is C18H24O8S2. The predicted molar refractivity (Wildman–Crippen MR) is 106 cm³/mol. The number of hydrogen-bond acceptors (Lipinski definition) is 6. The molecule has 10 heteroatoms. The Bertz CT molecular complexity index is 920. The summed E-state index contributed by atoms with van der Waals surface area (Å²) in [7, 11) is -7.33. The highest BCUT2D eigenvalue weighted by Crippen LogP contribution is 2.13. The Morgan fingerprint density at radius 2 is 1.36 bits per heavy atom. The average molecular weight is 433 g/mol. The van der Waals surface area contributed by atoms with Gasteiger partial charge in [0.15, 0.2) is 0 Å². The van der Waals surface area contributed by atoms with Crippen LogP contribution in [0.3, 0.4) is 0 Å². The normalized spacial score (nSPS) is 10.6. The van der Waals surface area contributed by atoms with Crippen molar-refractivity contribution in [1.29, 1.82) is 0 Å². The lowest BCUT2D eigenvalue weighted by atomic mass is 10.1. The highest BCUT2D eigenvalue weighted by molar-refractivity contribution is 7.85. The smallest absolute Gasteiger partial charge is 0.338 e. The van der Waals surface area contributed by atoms with Crippen molar-refractivity contribution in [3.8, 4) is 0 Å². The highest BCUT2D eigenvalue weighted by Gasteiger charge is 2.10. The van der Waals surface area contributed by atoms with Gasteiger partial charge < -0.3 is 4.74 Å². The van der Waals surface area contributed by atoms with Crippen LogP contribution in [0.1, 0.15) is 27.0 Å². The fraction of sp³-hybridized carbons (Fsp3) is 0.278. The van der Waals surface area contributed by atoms with Crippen LogP contribution < -0.4 is 0 Å². The fourth-order valence-corrected chi connectivity index (χ4v) is 1.84. The molecule has 8 nitrogen and oxygen atoms in total. The Labute approximate surface area is 165 Å². The fourth-order valence-electron chi connectivity index (χ4n) is 1.84. The molecule has 0 fully saturated rings. The van der Waals surface area contributed by atoms with E-state index in [2.05, 4.69) is 0 Å². The van der Waals surface area contributed by atoms with Crippen molar-refractivity contribution >= 4 is 26.2 Å². The minimum Gasteiger partial charge on any atom is -0.457 e. The molecule has 0 unspecified atom stereocenters. The van der Waals surface area contributed by atoms with Crippen LogP contribution in [-0.4, -0.2) is 44.4 Å². The third kappa shape index (κ3) is 15.9. The zero-order valence-electron chi connectivity index (χ0n) is 16.0. The number of carbonyl (C=O) groups is 1. The van der Waals surface area contributed by atoms with E-state index in [4.69, 9.17) is 13.8 Å². The van der Waals surface area contributed by atoms with Crippen molar-refractivity contribution in [2.45, 2.75) is 20.5 Å². The number of rotatable bonds is 3. The molecule has 0 atom stereocenters. The molecular weight excluding hydrogens is 408 g/mol. The molecule has 0 spiro atoms. The quantitative estimate of drug-likeness (QED) is 0.558. The van der Waals surface area contributed by atoms with Gasteiger partial charge in [0, 0.05) is 0 Å². The molecule has 0 saturated carbocycles. The summed E-state index contributed by atoms with van der Waals surface area (Å²) in [6, 6.07) is 15.4. The minimum absolute atomic E-state index is 0.267. The Morgan fingerprint density at radius 1 is 0.893 bits per heavy atom. The Balaban J connectivity index is 0.000000607. The largest absolute Gasteiger partial charge is 0.457 e. The molecule has 0 heterocycles. The highest BCUT2D eigenvalue weighted by atomic mass is 32.2. The lowest BCUT2D eigenvalue weighted by Crippen LogP contribution is -2.07. The van der Waals surface area contributed by atoms with Crippen LogP contribution in [0, 0.1) is 13.8 Å². The van der Waals surface area contributed by atoms with E-state index < -0.39 is 20.2 Å². The van der Waals surface area contributed by atoms with Crippen molar-refractivity contribution in [2.24, 2.45) is 0 Å². The predicted octanol–water partition coefficient (Wildman–Crippen LogP) is 2.67. The summed E-state index contributed by atoms with van der Waals surface area (Å²) in [4.78, 5) is 11.9. The first-order valence-electron chi connectivity index (χ1n) is 7.80. The van der Waals surface area contributed by atoms with Gasteiger partial charge in [0.05, 0.1) is 18.1 Å². The van der Waals surface area contributed by atoms with Crippen LogP contribution in [0.15, 0.2) is 48.5 Å². The summed E-state index contributed by atoms with van der Waals surface area (Å²) in [6.07, 6.45) is 1.43. The first-order chi connectivity index (χ1) is 12.7. The number of carbonyl (C=O) groups excluding carboxylic acids is 1. The Kier molecular flexibility index (Phi) is 10.6. The van der Waals surface area contributed by atoms with Crippen LogP contribution in [0.5, 0.6) is 0 Å². The van der Waals surface area contributed by atoms with Crippen molar-refractivity contribution in [2.75, 3.05) is 12.5 Å². The maximum Gasteiger partial charge on any atom is 0.338 e. The number of hydrogen-bond donors (Lipinski definition) is 2. The zero-order valence-corrected chi connectivity index (χ0v) is 17.6. The average Bonchev–Trinajstić information content (AvgIpc) is 2.50. The van der Waals surface area contributed by atoms with Gasteiger partial charge in [0.1, 0.15) is 6.61 Å². The first-order valence-corrected chi connectivity index (χ1v) is 11.5. The van der Waals surface area contributed by atoms with Crippen LogP contribution >= 0.6 is 0 Å². The van der Waals surface area contributed by atoms with Crippen molar-refractivity contribution in [1.82, 2.24) is 0 Å². The van der Waals surface area contributed by atoms with Gasteiger partial charge >= 0.3 is 5.97 Å². The summed E-state index contributed by atoms with van der Waals surface area (Å²) in [5.74, 6) is -0.267. The molecule has 156 valence electrons. The van der Waals surface area contributed by atoms with Crippen LogP contribution in [0.25, 0.3) is 0 Å². The van der Waals surface area contributed by atoms with Gasteiger partial charge in [-0.1, -0.05) is 48.0 Å². The summed E-state index contributed by atoms with van der Waals surface area (Å²) >= 11 is 0.